The van der Waals surface area contributed by atoms with Crippen LogP contribution in [-0.4, -0.2) is 244 Å². The second kappa shape index (κ2) is 22.2. The Morgan fingerprint density at radius 1 is 0.491 bits per heavy atom. The molecule has 4 saturated heterocycles. The van der Waals surface area contributed by atoms with Crippen LogP contribution >= 0.6 is 0 Å². The Morgan fingerprint density at radius 2 is 0.925 bits per heavy atom. The molecule has 22 heteroatoms. The second-order valence-corrected chi connectivity index (χ2v) is 12.7. The van der Waals surface area contributed by atoms with Gasteiger partial charge in [0.1, 0.15) is 97.7 Å². The number of ether oxygens (including phenoxy) is 10. The SMILES string of the molecule is COC1C(CO)OC(OCC2OC(OC3C(CO)OC(C)C(O)C3O)C(O)C(O)C2OC2OC(CO)C(OC)C(O)C2OCCO)C(O)C1O.[CH2]CO. The number of rotatable bonds is 15. The third-order valence-corrected chi connectivity index (χ3v) is 9.31. The molecule has 4 heterocycles. The normalized spacial score (nSPS) is 46.4. The second-order valence-electron chi connectivity index (χ2n) is 12.7. The van der Waals surface area contributed by atoms with E-state index < -0.39 is 156 Å². The molecule has 0 spiro atoms. The highest BCUT2D eigenvalue weighted by molar-refractivity contribution is 4.98. The van der Waals surface area contributed by atoms with Crippen molar-refractivity contribution in [2.45, 2.75) is 130 Å². The molecule has 4 aliphatic heterocycles. The van der Waals surface area contributed by atoms with E-state index in [1.165, 1.54) is 21.1 Å². The van der Waals surface area contributed by atoms with E-state index in [0.29, 0.717) is 0 Å². The molecule has 20 atom stereocenters. The van der Waals surface area contributed by atoms with Gasteiger partial charge in [0.25, 0.3) is 0 Å². The molecule has 4 rings (SSSR count). The summed E-state index contributed by atoms with van der Waals surface area (Å²) < 4.78 is 56.4. The molecule has 0 aliphatic carbocycles. The minimum absolute atomic E-state index is 0. The Hall–Kier alpha value is -0.880. The molecule has 4 fully saturated rings. The maximum Gasteiger partial charge on any atom is 0.187 e. The average Bonchev–Trinajstić information content (AvgIpc) is 3.15. The maximum absolute atomic E-state index is 11.4. The Labute approximate surface area is 305 Å². The predicted octanol–water partition coefficient (Wildman–Crippen LogP) is -7.54. The van der Waals surface area contributed by atoms with E-state index in [4.69, 9.17) is 52.5 Å². The van der Waals surface area contributed by atoms with Gasteiger partial charge in [-0.15, -0.1) is 0 Å². The first-order chi connectivity index (χ1) is 25.3. The van der Waals surface area contributed by atoms with Crippen LogP contribution in [0.2, 0.25) is 0 Å². The van der Waals surface area contributed by atoms with Gasteiger partial charge in [0.15, 0.2) is 18.9 Å². The number of hydrogen-bond acceptors (Lipinski definition) is 22. The summed E-state index contributed by atoms with van der Waals surface area (Å²) in [5, 5.41) is 122. The Balaban J connectivity index is 0.00000243. The van der Waals surface area contributed by atoms with Gasteiger partial charge in [0.2, 0.25) is 0 Å². The lowest BCUT2D eigenvalue weighted by Gasteiger charge is -2.49. The topological polar surface area (TPSA) is 335 Å². The zero-order valence-electron chi connectivity index (χ0n) is 29.7. The van der Waals surface area contributed by atoms with Crippen molar-refractivity contribution in [3.05, 3.63) is 6.92 Å². The van der Waals surface area contributed by atoms with E-state index >= 15 is 0 Å². The van der Waals surface area contributed by atoms with Crippen LogP contribution in [0.4, 0.5) is 0 Å². The molecule has 0 bridgehead atoms. The van der Waals surface area contributed by atoms with Crippen molar-refractivity contribution < 1.29 is 109 Å². The fourth-order valence-electron chi connectivity index (χ4n) is 6.55. The summed E-state index contributed by atoms with van der Waals surface area (Å²) in [6, 6.07) is 0. The zero-order chi connectivity index (χ0) is 39.6. The summed E-state index contributed by atoms with van der Waals surface area (Å²) >= 11 is 0. The lowest BCUT2D eigenvalue weighted by atomic mass is 9.94. The number of aliphatic hydroxyl groups is 12. The highest BCUT2D eigenvalue weighted by Gasteiger charge is 2.54. The van der Waals surface area contributed by atoms with Gasteiger partial charge in [0, 0.05) is 20.8 Å². The van der Waals surface area contributed by atoms with Crippen molar-refractivity contribution in [3.8, 4) is 0 Å². The summed E-state index contributed by atoms with van der Waals surface area (Å²) in [6.07, 6.45) is -29.3. The lowest BCUT2D eigenvalue weighted by Crippen LogP contribution is -2.67. The van der Waals surface area contributed by atoms with Crippen LogP contribution in [0.25, 0.3) is 0 Å². The lowest BCUT2D eigenvalue weighted by molar-refractivity contribution is -0.381. The molecule has 0 amide bonds. The van der Waals surface area contributed by atoms with E-state index in [1.807, 2.05) is 0 Å². The number of aliphatic hydroxyl groups excluding tert-OH is 12. The molecule has 0 aromatic heterocycles. The van der Waals surface area contributed by atoms with Crippen LogP contribution in [0.5, 0.6) is 0 Å². The van der Waals surface area contributed by atoms with Gasteiger partial charge in [0.05, 0.1) is 45.7 Å². The van der Waals surface area contributed by atoms with Crippen molar-refractivity contribution in [3.63, 3.8) is 0 Å². The smallest absolute Gasteiger partial charge is 0.187 e. The van der Waals surface area contributed by atoms with Crippen LogP contribution in [0.1, 0.15) is 6.92 Å². The van der Waals surface area contributed by atoms with Crippen molar-refractivity contribution in [1.82, 2.24) is 0 Å². The van der Waals surface area contributed by atoms with Crippen LogP contribution in [0.15, 0.2) is 0 Å². The molecule has 4 aliphatic rings. The van der Waals surface area contributed by atoms with Gasteiger partial charge in [-0.1, -0.05) is 0 Å². The van der Waals surface area contributed by atoms with Gasteiger partial charge < -0.3 is 109 Å². The number of hydrogen-bond donors (Lipinski definition) is 12. The first-order valence-electron chi connectivity index (χ1n) is 17.1. The van der Waals surface area contributed by atoms with Gasteiger partial charge in [-0.2, -0.15) is 0 Å². The van der Waals surface area contributed by atoms with Crippen molar-refractivity contribution in [2.24, 2.45) is 0 Å². The molecule has 0 aromatic carbocycles. The van der Waals surface area contributed by atoms with Crippen molar-refractivity contribution in [1.29, 1.82) is 0 Å². The molecule has 22 nitrogen and oxygen atoms in total. The fraction of sp³-hybridized carbons (Fsp3) is 0.968. The van der Waals surface area contributed by atoms with E-state index in [2.05, 4.69) is 6.92 Å². The van der Waals surface area contributed by atoms with E-state index in [0.717, 1.165) is 0 Å². The molecule has 20 unspecified atom stereocenters. The Morgan fingerprint density at radius 3 is 1.47 bits per heavy atom. The third kappa shape index (κ3) is 11.0. The van der Waals surface area contributed by atoms with Gasteiger partial charge in [-0.05, 0) is 13.8 Å². The monoisotopic (exact) mass is 781 g/mol. The van der Waals surface area contributed by atoms with Crippen LogP contribution in [0, 0.1) is 6.92 Å². The predicted molar refractivity (Wildman–Crippen MR) is 170 cm³/mol. The van der Waals surface area contributed by atoms with Crippen LogP contribution < -0.4 is 0 Å². The molecule has 12 N–H and O–H groups in total. The summed E-state index contributed by atoms with van der Waals surface area (Å²) in [7, 11) is 2.50. The standard InChI is InChI=1S/C29H52O21.C2H5O/c1-10-15(34)16(35)24(13(8-33)45-10)49-28-20(39)18(37)25(50-29-26(43-5-4-30)21(40)23(42-3)12(7-32)47-29)14(48-28)9-44-27-19(38)17(36)22(41-2)11(6-31)46-27;1-2-3/h10-40H,4-9H2,1-3H3;3H,1-2H2. The summed E-state index contributed by atoms with van der Waals surface area (Å²) in [5.74, 6) is 0. The third-order valence-electron chi connectivity index (χ3n) is 9.31. The van der Waals surface area contributed by atoms with Gasteiger partial charge in [-0.3, -0.25) is 0 Å². The maximum atomic E-state index is 11.4. The zero-order valence-corrected chi connectivity index (χ0v) is 29.7. The summed E-state index contributed by atoms with van der Waals surface area (Å²) in [5.41, 5.74) is 0. The molecule has 1 radical (unpaired) electrons. The quantitative estimate of drug-likeness (QED) is 0.0734. The van der Waals surface area contributed by atoms with Crippen molar-refractivity contribution in [2.75, 3.05) is 60.5 Å². The van der Waals surface area contributed by atoms with Crippen molar-refractivity contribution >= 4 is 0 Å². The first-order valence-corrected chi connectivity index (χ1v) is 17.1. The Kier molecular flexibility index (Phi) is 19.4. The molecule has 0 aromatic rings. The molecular formula is C31H57O22. The van der Waals surface area contributed by atoms with Crippen LogP contribution in [0.3, 0.4) is 0 Å². The Bertz CT molecular complexity index is 1010. The highest BCUT2D eigenvalue weighted by atomic mass is 16.8. The van der Waals surface area contributed by atoms with Gasteiger partial charge >= 0.3 is 0 Å². The molecule has 53 heavy (non-hydrogen) atoms. The summed E-state index contributed by atoms with van der Waals surface area (Å²) in [6.45, 7) is 1.16. The molecule has 0 saturated carbocycles. The first kappa shape index (κ1) is 46.5. The van der Waals surface area contributed by atoms with Gasteiger partial charge in [-0.25, -0.2) is 0 Å². The number of methoxy groups -OCH3 is 2. The highest BCUT2D eigenvalue weighted by Crippen LogP contribution is 2.34. The minimum Gasteiger partial charge on any atom is -0.396 e. The van der Waals surface area contributed by atoms with E-state index in [1.54, 1.807) is 0 Å². The molecular weight excluding hydrogens is 724 g/mol. The van der Waals surface area contributed by atoms with E-state index in [9.17, 15) is 56.2 Å². The average molecular weight is 782 g/mol. The summed E-state index contributed by atoms with van der Waals surface area (Å²) in [4.78, 5) is 0. The largest absolute Gasteiger partial charge is 0.396 e. The minimum atomic E-state index is -1.95. The van der Waals surface area contributed by atoms with Crippen LogP contribution in [-0.2, 0) is 47.4 Å². The fourth-order valence-corrected chi connectivity index (χ4v) is 6.55. The van der Waals surface area contributed by atoms with E-state index in [-0.39, 0.29) is 13.2 Å². The molecule has 313 valence electrons.